The van der Waals surface area contributed by atoms with E-state index in [1.54, 1.807) is 0 Å². The van der Waals surface area contributed by atoms with Crippen LogP contribution in [0.3, 0.4) is 0 Å². The Morgan fingerprint density at radius 2 is 2.41 bits per heavy atom. The molecule has 1 N–H and O–H groups in total. The second-order valence-corrected chi connectivity index (χ2v) is 4.51. The van der Waals surface area contributed by atoms with Crippen LogP contribution in [0, 0.1) is 12.3 Å². The minimum absolute atomic E-state index is 0.114. The lowest BCUT2D eigenvalue weighted by Gasteiger charge is -2.27. The first kappa shape index (κ1) is 14.0. The molecule has 0 aromatic heterocycles. The Labute approximate surface area is 104 Å². The number of rotatable bonds is 6. The normalized spacial score (nSPS) is 20.2. The number of nitrogens with one attached hydrogen (secondary N) is 1. The molecule has 1 fully saturated rings. The molecule has 1 amide bonds. The van der Waals surface area contributed by atoms with Crippen LogP contribution in [0.15, 0.2) is 0 Å². The molecular formula is C13H23N3O. The monoisotopic (exact) mass is 237 g/mol. The topological polar surface area (TPSA) is 35.6 Å². The second-order valence-electron chi connectivity index (χ2n) is 4.51. The van der Waals surface area contributed by atoms with Crippen molar-refractivity contribution < 1.29 is 4.79 Å². The van der Waals surface area contributed by atoms with E-state index in [1.807, 2.05) is 11.9 Å². The number of nitrogens with zero attached hydrogens (tertiary/aromatic N) is 2. The summed E-state index contributed by atoms with van der Waals surface area (Å²) in [7, 11) is 1.87. The van der Waals surface area contributed by atoms with Crippen molar-refractivity contribution in [2.75, 3.05) is 39.8 Å². The smallest absolute Gasteiger partial charge is 0.236 e. The average Bonchev–Trinajstić information content (AvgIpc) is 2.76. The van der Waals surface area contributed by atoms with Crippen LogP contribution in [0.1, 0.15) is 19.8 Å². The highest BCUT2D eigenvalue weighted by Gasteiger charge is 2.25. The summed E-state index contributed by atoms with van der Waals surface area (Å²) in [6, 6.07) is 0.529. The molecule has 0 radical (unpaired) electrons. The van der Waals surface area contributed by atoms with Crippen molar-refractivity contribution >= 4 is 5.91 Å². The van der Waals surface area contributed by atoms with E-state index in [0.717, 1.165) is 13.1 Å². The van der Waals surface area contributed by atoms with Gasteiger partial charge in [0.15, 0.2) is 0 Å². The first-order chi connectivity index (χ1) is 8.19. The van der Waals surface area contributed by atoms with Gasteiger partial charge < -0.3 is 4.90 Å². The molecule has 1 rings (SSSR count). The third kappa shape index (κ3) is 4.37. The van der Waals surface area contributed by atoms with E-state index in [2.05, 4.69) is 23.1 Å². The number of likely N-dealkylation sites (tertiary alicyclic amines) is 1. The Morgan fingerprint density at radius 3 is 3.06 bits per heavy atom. The summed E-state index contributed by atoms with van der Waals surface area (Å²) in [5.41, 5.74) is 0. The Kier molecular flexibility index (Phi) is 6.03. The van der Waals surface area contributed by atoms with Crippen LogP contribution in [0.25, 0.3) is 0 Å². The maximum atomic E-state index is 11.8. The standard InChI is InChI=1S/C13H23N3O/c1-4-8-14-10-13(17)15(3)11-12-7-6-9-16(12)5-2/h1,12,14H,5-11H2,2-3H3. The largest absolute Gasteiger partial charge is 0.343 e. The molecule has 0 saturated carbocycles. The Morgan fingerprint density at radius 1 is 1.65 bits per heavy atom. The summed E-state index contributed by atoms with van der Waals surface area (Å²) in [6.07, 6.45) is 7.56. The zero-order valence-electron chi connectivity index (χ0n) is 10.9. The van der Waals surface area contributed by atoms with Gasteiger partial charge in [-0.1, -0.05) is 12.8 Å². The van der Waals surface area contributed by atoms with Crippen LogP contribution < -0.4 is 5.32 Å². The number of hydrogen-bond acceptors (Lipinski definition) is 3. The van der Waals surface area contributed by atoms with Gasteiger partial charge in [0.25, 0.3) is 0 Å². The van der Waals surface area contributed by atoms with Gasteiger partial charge in [-0.05, 0) is 25.9 Å². The Hall–Kier alpha value is -1.05. The van der Waals surface area contributed by atoms with Crippen LogP contribution in [-0.4, -0.2) is 61.5 Å². The van der Waals surface area contributed by atoms with Crippen molar-refractivity contribution in [3.8, 4) is 12.3 Å². The molecule has 1 atom stereocenters. The summed E-state index contributed by atoms with van der Waals surface area (Å²) < 4.78 is 0. The van der Waals surface area contributed by atoms with Gasteiger partial charge in [0.2, 0.25) is 5.91 Å². The summed E-state index contributed by atoms with van der Waals surface area (Å²) in [5.74, 6) is 2.58. The van der Waals surface area contributed by atoms with Crippen molar-refractivity contribution in [1.29, 1.82) is 0 Å². The third-order valence-electron chi connectivity index (χ3n) is 3.32. The van der Waals surface area contributed by atoms with Crippen molar-refractivity contribution in [2.45, 2.75) is 25.8 Å². The predicted octanol–water partition coefficient (Wildman–Crippen LogP) is 0.152. The van der Waals surface area contributed by atoms with Crippen molar-refractivity contribution in [2.24, 2.45) is 0 Å². The van der Waals surface area contributed by atoms with Crippen LogP contribution in [0.5, 0.6) is 0 Å². The van der Waals surface area contributed by atoms with E-state index >= 15 is 0 Å². The van der Waals surface area contributed by atoms with Gasteiger partial charge in [0, 0.05) is 19.6 Å². The van der Waals surface area contributed by atoms with Crippen LogP contribution >= 0.6 is 0 Å². The van der Waals surface area contributed by atoms with Gasteiger partial charge in [0.1, 0.15) is 0 Å². The van der Waals surface area contributed by atoms with Crippen LogP contribution in [-0.2, 0) is 4.79 Å². The van der Waals surface area contributed by atoms with Gasteiger partial charge in [-0.2, -0.15) is 0 Å². The fourth-order valence-electron chi connectivity index (χ4n) is 2.31. The summed E-state index contributed by atoms with van der Waals surface area (Å²) in [5, 5.41) is 2.92. The van der Waals surface area contributed by atoms with E-state index in [-0.39, 0.29) is 5.91 Å². The molecule has 17 heavy (non-hydrogen) atoms. The van der Waals surface area contributed by atoms with Gasteiger partial charge in [0.05, 0.1) is 13.1 Å². The van der Waals surface area contributed by atoms with Crippen molar-refractivity contribution in [1.82, 2.24) is 15.1 Å². The fourth-order valence-corrected chi connectivity index (χ4v) is 2.31. The van der Waals surface area contributed by atoms with Crippen LogP contribution in [0.2, 0.25) is 0 Å². The molecule has 0 spiro atoms. The van der Waals surface area contributed by atoms with E-state index in [4.69, 9.17) is 6.42 Å². The molecule has 1 aliphatic heterocycles. The molecule has 4 nitrogen and oxygen atoms in total. The average molecular weight is 237 g/mol. The molecule has 0 aliphatic carbocycles. The molecule has 4 heteroatoms. The lowest BCUT2D eigenvalue weighted by molar-refractivity contribution is -0.129. The van der Waals surface area contributed by atoms with E-state index in [0.29, 0.717) is 19.1 Å². The molecule has 0 aromatic carbocycles. The zero-order valence-corrected chi connectivity index (χ0v) is 10.9. The maximum Gasteiger partial charge on any atom is 0.236 e. The number of carbonyl (C=O) groups is 1. The third-order valence-corrected chi connectivity index (χ3v) is 3.32. The van der Waals surface area contributed by atoms with Crippen molar-refractivity contribution in [3.63, 3.8) is 0 Å². The molecule has 1 heterocycles. The van der Waals surface area contributed by atoms with Gasteiger partial charge in [-0.3, -0.25) is 15.0 Å². The number of likely N-dealkylation sites (N-methyl/N-ethyl adjacent to an activating group) is 2. The number of terminal acetylenes is 1. The minimum Gasteiger partial charge on any atom is -0.343 e. The SMILES string of the molecule is C#CCNCC(=O)N(C)CC1CCCN1CC. The number of amides is 1. The second kappa shape index (κ2) is 7.31. The highest BCUT2D eigenvalue weighted by atomic mass is 16.2. The van der Waals surface area contributed by atoms with Gasteiger partial charge in [-0.25, -0.2) is 0 Å². The maximum absolute atomic E-state index is 11.8. The highest BCUT2D eigenvalue weighted by Crippen LogP contribution is 2.17. The lowest BCUT2D eigenvalue weighted by Crippen LogP contribution is -2.43. The van der Waals surface area contributed by atoms with E-state index in [1.165, 1.54) is 19.4 Å². The fraction of sp³-hybridized carbons (Fsp3) is 0.769. The molecular weight excluding hydrogens is 214 g/mol. The first-order valence-electron chi connectivity index (χ1n) is 6.31. The quantitative estimate of drug-likeness (QED) is 0.528. The number of hydrogen-bond donors (Lipinski definition) is 1. The van der Waals surface area contributed by atoms with Gasteiger partial charge in [-0.15, -0.1) is 6.42 Å². The molecule has 0 aromatic rings. The minimum atomic E-state index is 0.114. The molecule has 96 valence electrons. The van der Waals surface area contributed by atoms with E-state index in [9.17, 15) is 4.79 Å². The molecule has 1 saturated heterocycles. The summed E-state index contributed by atoms with van der Waals surface area (Å²) >= 11 is 0. The Bertz CT molecular complexity index is 285. The summed E-state index contributed by atoms with van der Waals surface area (Å²) in [6.45, 7) is 6.02. The molecule has 0 bridgehead atoms. The predicted molar refractivity (Wildman–Crippen MR) is 69.6 cm³/mol. The zero-order chi connectivity index (χ0) is 12.7. The lowest BCUT2D eigenvalue weighted by atomic mass is 10.2. The van der Waals surface area contributed by atoms with Crippen LogP contribution in [0.4, 0.5) is 0 Å². The van der Waals surface area contributed by atoms with Gasteiger partial charge >= 0.3 is 0 Å². The Balaban J connectivity index is 2.30. The van der Waals surface area contributed by atoms with E-state index < -0.39 is 0 Å². The van der Waals surface area contributed by atoms with Crippen molar-refractivity contribution in [3.05, 3.63) is 0 Å². The highest BCUT2D eigenvalue weighted by molar-refractivity contribution is 5.78. The summed E-state index contributed by atoms with van der Waals surface area (Å²) in [4.78, 5) is 16.0. The molecule has 1 aliphatic rings. The molecule has 1 unspecified atom stereocenters. The first-order valence-corrected chi connectivity index (χ1v) is 6.31. The number of carbonyl (C=O) groups excluding carboxylic acids is 1.